The number of rotatable bonds is 27. The number of nitrogens with zero attached hydrogens (tertiary/aromatic N) is 7. The molecule has 0 spiro atoms. The average molecular weight is 1350 g/mol. The minimum Gasteiger partial charge on any atom is -0.497 e. The number of imidazole rings is 1. The molecule has 11 atom stereocenters. The lowest BCUT2D eigenvalue weighted by atomic mass is 9.80. The third kappa shape index (κ3) is 13.7. The highest BCUT2D eigenvalue weighted by atomic mass is 31.2. The SMILES string of the molecule is COc1ccc(C(OC[C@H]2O[C@@H](n3cc(C)c(=O)[nH]c3=O)C[C@@]2(O)P(=O)(OCCC#N)OC[C@H]2O[C@@H](n3cnc4c(=O)[nH]c(NC(=O)C(C)C)nc43)C[C@@]2(O)P(=O)(OCCC#N)OC[C@H]2O[C@@H](n3cc(C)c(=O)[nH]c3=O)C[C@@H]2O)(c2ccccc2)c2ccc(OC)cc2)cc1. The highest BCUT2D eigenvalue weighted by Gasteiger charge is 2.66. The predicted molar refractivity (Wildman–Crippen MR) is 333 cm³/mol. The van der Waals surface area contributed by atoms with Crippen LogP contribution in [0.25, 0.3) is 11.2 Å². The van der Waals surface area contributed by atoms with E-state index >= 15 is 9.13 Å². The molecule has 3 fully saturated rings. The smallest absolute Gasteiger partial charge is 0.365 e. The van der Waals surface area contributed by atoms with Gasteiger partial charge in [-0.25, -0.2) is 14.6 Å². The summed E-state index contributed by atoms with van der Waals surface area (Å²) in [6.07, 6.45) is -10.9. The molecule has 3 aliphatic heterocycles. The maximum absolute atomic E-state index is 16.5. The summed E-state index contributed by atoms with van der Waals surface area (Å²) in [5.41, 5.74) is -4.72. The van der Waals surface area contributed by atoms with Crippen molar-refractivity contribution in [1.29, 1.82) is 10.5 Å². The second-order valence-corrected chi connectivity index (χ2v) is 27.6. The van der Waals surface area contributed by atoms with Crippen LogP contribution in [0.1, 0.15) is 92.5 Å². The van der Waals surface area contributed by atoms with Gasteiger partial charge >= 0.3 is 26.6 Å². The van der Waals surface area contributed by atoms with Gasteiger partial charge < -0.3 is 61.8 Å². The van der Waals surface area contributed by atoms with Crippen LogP contribution in [0.5, 0.6) is 11.5 Å². The normalized spacial score (nSPS) is 24.0. The number of anilines is 1. The lowest BCUT2D eigenvalue weighted by Crippen LogP contribution is -2.46. The number of hydrogen-bond acceptors (Lipinski definition) is 25. The minimum absolute atomic E-state index is 0.0225. The van der Waals surface area contributed by atoms with Crippen molar-refractivity contribution >= 4 is 38.2 Å². The van der Waals surface area contributed by atoms with Gasteiger partial charge in [-0.1, -0.05) is 68.4 Å². The number of aromatic amines is 3. The van der Waals surface area contributed by atoms with Crippen molar-refractivity contribution in [2.75, 3.05) is 52.6 Å². The lowest BCUT2D eigenvalue weighted by Gasteiger charge is -2.40. The fourth-order valence-electron chi connectivity index (χ4n) is 11.4. The molecule has 2 unspecified atom stereocenters. The molecule has 3 aromatic carbocycles. The molecule has 95 heavy (non-hydrogen) atoms. The Bertz CT molecular complexity index is 4400. The Balaban J connectivity index is 1.08. The van der Waals surface area contributed by atoms with Crippen molar-refractivity contribution in [2.24, 2.45) is 5.92 Å². The summed E-state index contributed by atoms with van der Waals surface area (Å²) in [5.74, 6) is -0.485. The largest absolute Gasteiger partial charge is 0.497 e. The molecule has 3 saturated heterocycles. The number of carbonyl (C=O) groups is 1. The molecule has 4 aromatic heterocycles. The Hall–Kier alpha value is -8.56. The molecule has 7 aromatic rings. The summed E-state index contributed by atoms with van der Waals surface area (Å²) < 4.78 is 97.4. The van der Waals surface area contributed by atoms with E-state index in [1.165, 1.54) is 34.3 Å². The number of aromatic nitrogens is 8. The summed E-state index contributed by atoms with van der Waals surface area (Å²) in [7, 11) is -7.98. The Labute approximate surface area is 539 Å². The lowest BCUT2D eigenvalue weighted by molar-refractivity contribution is -0.118. The van der Waals surface area contributed by atoms with Gasteiger partial charge in [-0.3, -0.25) is 62.3 Å². The van der Waals surface area contributed by atoms with Crippen LogP contribution in [0.3, 0.4) is 0 Å². The van der Waals surface area contributed by atoms with Gasteiger partial charge in [0, 0.05) is 48.7 Å². The Morgan fingerprint density at radius 3 is 1.71 bits per heavy atom. The molecule has 0 radical (unpaired) electrons. The maximum atomic E-state index is 16.5. The zero-order valence-corrected chi connectivity index (χ0v) is 53.9. The van der Waals surface area contributed by atoms with Crippen LogP contribution in [-0.2, 0) is 56.6 Å². The van der Waals surface area contributed by atoms with Crippen molar-refractivity contribution in [3.8, 4) is 23.6 Å². The van der Waals surface area contributed by atoms with E-state index in [2.05, 4.69) is 30.2 Å². The molecule has 7 N–H and O–H groups in total. The van der Waals surface area contributed by atoms with Crippen molar-refractivity contribution in [3.63, 3.8) is 0 Å². The van der Waals surface area contributed by atoms with Crippen molar-refractivity contribution in [2.45, 2.75) is 119 Å². The van der Waals surface area contributed by atoms with Gasteiger partial charge in [-0.15, -0.1) is 0 Å². The summed E-state index contributed by atoms with van der Waals surface area (Å²) in [4.78, 5) is 93.7. The number of H-pyrrole nitrogens is 3. The van der Waals surface area contributed by atoms with Crippen LogP contribution in [-0.4, -0.2) is 142 Å². The second-order valence-electron chi connectivity index (χ2n) is 23.0. The third-order valence-corrected chi connectivity index (χ3v) is 21.4. The van der Waals surface area contributed by atoms with Gasteiger partial charge in [-0.05, 0) is 54.8 Å². The number of nitriles is 2. The predicted octanol–water partition coefficient (Wildman–Crippen LogP) is 4.34. The minimum atomic E-state index is -5.55. The first-order valence-corrected chi connectivity index (χ1v) is 32.9. The number of methoxy groups -OCH3 is 2. The number of aliphatic hydroxyl groups is 3. The number of fused-ring (bicyclic) bond motifs is 1. The number of aliphatic hydroxyl groups excluding tert-OH is 1. The first kappa shape index (κ1) is 69.3. The summed E-state index contributed by atoms with van der Waals surface area (Å²) >= 11 is 0. The number of ether oxygens (including phenoxy) is 6. The van der Waals surface area contributed by atoms with Gasteiger partial charge in [0.25, 0.3) is 16.7 Å². The zero-order valence-electron chi connectivity index (χ0n) is 52.1. The molecule has 0 saturated carbocycles. The highest BCUT2D eigenvalue weighted by molar-refractivity contribution is 7.56. The first-order valence-electron chi connectivity index (χ1n) is 29.9. The van der Waals surface area contributed by atoms with Gasteiger partial charge in [0.1, 0.15) is 54.1 Å². The molecular formula is C61H69N11O21P2. The average Bonchev–Trinajstić information content (AvgIpc) is 1.62. The van der Waals surface area contributed by atoms with Crippen molar-refractivity contribution < 1.29 is 75.8 Å². The van der Waals surface area contributed by atoms with Crippen LogP contribution in [0.4, 0.5) is 5.95 Å². The molecule has 0 aliphatic carbocycles. The van der Waals surface area contributed by atoms with E-state index in [1.807, 2.05) is 12.1 Å². The van der Waals surface area contributed by atoms with Crippen LogP contribution >= 0.6 is 15.2 Å². The van der Waals surface area contributed by atoms with E-state index in [-0.39, 0.29) is 34.7 Å². The number of nitrogens with one attached hydrogen (secondary N) is 4. The van der Waals surface area contributed by atoms with Crippen LogP contribution in [0.2, 0.25) is 0 Å². The van der Waals surface area contributed by atoms with E-state index < -0.39 is 173 Å². The third-order valence-electron chi connectivity index (χ3n) is 16.6. The fraction of sp³-hybridized carbons (Fsp3) is 0.443. The zero-order chi connectivity index (χ0) is 68.2. The number of aryl methyl sites for hydroxylation is 2. The Morgan fingerprint density at radius 2 is 1.19 bits per heavy atom. The number of benzene rings is 3. The van der Waals surface area contributed by atoms with E-state index in [0.29, 0.717) is 28.2 Å². The molecule has 32 nitrogen and oxygen atoms in total. The molecule has 504 valence electrons. The number of hydrogen-bond donors (Lipinski definition) is 7. The highest BCUT2D eigenvalue weighted by Crippen LogP contribution is 2.69. The van der Waals surface area contributed by atoms with Gasteiger partial charge in [0.2, 0.25) is 11.9 Å². The van der Waals surface area contributed by atoms with Gasteiger partial charge in [0.05, 0.1) is 84.7 Å². The van der Waals surface area contributed by atoms with Crippen molar-refractivity contribution in [1.82, 2.24) is 38.6 Å². The molecular weight excluding hydrogens is 1280 g/mol. The first-order chi connectivity index (χ1) is 45.3. The Morgan fingerprint density at radius 1 is 0.695 bits per heavy atom. The van der Waals surface area contributed by atoms with Gasteiger partial charge in [0.15, 0.2) is 21.8 Å². The molecule has 34 heteroatoms. The van der Waals surface area contributed by atoms with E-state index in [0.717, 1.165) is 26.2 Å². The summed E-state index contributed by atoms with van der Waals surface area (Å²) in [6, 6.07) is 26.4. The van der Waals surface area contributed by atoms with Crippen LogP contribution in [0, 0.1) is 42.4 Å². The number of amides is 1. The monoisotopic (exact) mass is 1350 g/mol. The van der Waals surface area contributed by atoms with E-state index in [9.17, 15) is 54.6 Å². The number of carbonyl (C=O) groups excluding carboxylic acids is 1. The quantitative estimate of drug-likeness (QED) is 0.0214. The van der Waals surface area contributed by atoms with E-state index in [4.69, 9.17) is 46.5 Å². The summed E-state index contributed by atoms with van der Waals surface area (Å²) in [6.45, 7) is 1.74. The van der Waals surface area contributed by atoms with Gasteiger partial charge in [-0.2, -0.15) is 15.5 Å². The van der Waals surface area contributed by atoms with Crippen LogP contribution < -0.4 is 42.8 Å². The van der Waals surface area contributed by atoms with Crippen LogP contribution in [0.15, 0.2) is 122 Å². The molecule has 10 rings (SSSR count). The molecule has 0 bridgehead atoms. The standard InChI is InChI=1S/C61H69N11O21P2/c1-35(2)52(74)66-56-65-51-50(55(77)67-56)64-34-72(51)49-28-60(81,94(82,87-24-10-22-62)89-31-44-43(73)26-47(91-44)70-29-36(3)53(75)68-57(70)78)46(93-49)33-90-95(83,88-25-11-23-63)59(80)27-48(71-30-37(4)54(76)69-58(71)79)92-45(59)32-86-61(38-12-8-7-9-13-38,39-14-18-41(84-5)19-15-39)40-16-20-42(85-6)21-17-40/h7-9,12-21,29-30,34-35,43-49,73,80-81H,10-11,24-28,31-33H2,1-6H3,(H,68,75,78)(H,69,76,79)(H2,65,66,67,74,77)/t43-,44+,45+,46+,47+,48+,49+,59+,60+,94?,95?/m0/s1. The maximum Gasteiger partial charge on any atom is 0.365 e. The second kappa shape index (κ2) is 28.4. The fourth-order valence-corrected chi connectivity index (χ4v) is 15.5. The molecule has 3 aliphatic rings. The molecule has 1 amide bonds. The topological polar surface area (TPSA) is 437 Å². The Kier molecular flexibility index (Phi) is 20.7. The summed E-state index contributed by atoms with van der Waals surface area (Å²) in [5, 5.41) is 54.6. The molecule has 7 heterocycles. The van der Waals surface area contributed by atoms with E-state index in [1.54, 1.807) is 92.7 Å². The van der Waals surface area contributed by atoms with Crippen molar-refractivity contribution in [3.05, 3.63) is 177 Å².